The number of likely N-dealkylation sites (tertiary alicyclic amines) is 1. The van der Waals surface area contributed by atoms with Crippen molar-refractivity contribution in [3.8, 4) is 5.75 Å². The maximum absolute atomic E-state index is 12.8. The van der Waals surface area contributed by atoms with Crippen LogP contribution in [-0.4, -0.2) is 46.7 Å². The van der Waals surface area contributed by atoms with Gasteiger partial charge in [-0.05, 0) is 52.3 Å². The van der Waals surface area contributed by atoms with Crippen molar-refractivity contribution in [2.75, 3.05) is 25.0 Å². The fraction of sp³-hybridized carbons (Fsp3) is 0.526. The Morgan fingerprint density at radius 1 is 1.46 bits per heavy atom. The number of para-hydroxylation sites is 2. The SMILES string of the molecule is CCOc1ccccc1NC(=O)C(C)N1CCCC(c2nc(C)no2)C1. The van der Waals surface area contributed by atoms with E-state index in [2.05, 4.69) is 20.4 Å². The molecule has 7 heteroatoms. The third kappa shape index (κ3) is 4.22. The highest BCUT2D eigenvalue weighted by Crippen LogP contribution is 2.28. The van der Waals surface area contributed by atoms with Crippen molar-refractivity contribution in [1.29, 1.82) is 0 Å². The summed E-state index contributed by atoms with van der Waals surface area (Å²) in [6, 6.07) is 7.24. The van der Waals surface area contributed by atoms with Crippen molar-refractivity contribution in [3.05, 3.63) is 36.0 Å². The van der Waals surface area contributed by atoms with Gasteiger partial charge in [-0.1, -0.05) is 17.3 Å². The number of ether oxygens (including phenoxy) is 1. The predicted octanol–water partition coefficient (Wildman–Crippen LogP) is 2.98. The molecule has 2 atom stereocenters. The molecule has 2 aromatic rings. The summed E-state index contributed by atoms with van der Waals surface area (Å²) in [5.74, 6) is 2.14. The summed E-state index contributed by atoms with van der Waals surface area (Å²) < 4.78 is 10.9. The lowest BCUT2D eigenvalue weighted by Gasteiger charge is -2.34. The molecule has 3 rings (SSSR count). The molecular formula is C19H26N4O3. The average molecular weight is 358 g/mol. The van der Waals surface area contributed by atoms with Crippen LogP contribution in [-0.2, 0) is 4.79 Å². The second-order valence-corrected chi connectivity index (χ2v) is 6.61. The predicted molar refractivity (Wildman–Crippen MR) is 98.3 cm³/mol. The van der Waals surface area contributed by atoms with E-state index >= 15 is 0 Å². The highest BCUT2D eigenvalue weighted by molar-refractivity contribution is 5.95. The van der Waals surface area contributed by atoms with Gasteiger partial charge in [-0.3, -0.25) is 9.69 Å². The van der Waals surface area contributed by atoms with Crippen LogP contribution in [0.15, 0.2) is 28.8 Å². The molecule has 26 heavy (non-hydrogen) atoms. The number of benzene rings is 1. The lowest BCUT2D eigenvalue weighted by Crippen LogP contribution is -2.46. The highest BCUT2D eigenvalue weighted by Gasteiger charge is 2.31. The molecule has 2 unspecified atom stereocenters. The number of carbonyl (C=O) groups excluding carboxylic acids is 1. The van der Waals surface area contributed by atoms with Gasteiger partial charge in [0.2, 0.25) is 11.8 Å². The normalized spacial score (nSPS) is 19.1. The maximum atomic E-state index is 12.8. The van der Waals surface area contributed by atoms with Crippen molar-refractivity contribution in [1.82, 2.24) is 15.0 Å². The molecule has 1 saturated heterocycles. The van der Waals surface area contributed by atoms with Crippen LogP contribution < -0.4 is 10.1 Å². The highest BCUT2D eigenvalue weighted by atomic mass is 16.5. The topological polar surface area (TPSA) is 80.5 Å². The lowest BCUT2D eigenvalue weighted by atomic mass is 9.96. The van der Waals surface area contributed by atoms with Gasteiger partial charge in [-0.2, -0.15) is 4.98 Å². The lowest BCUT2D eigenvalue weighted by molar-refractivity contribution is -0.121. The Bertz CT molecular complexity index is 746. The van der Waals surface area contributed by atoms with E-state index in [4.69, 9.17) is 9.26 Å². The first-order chi connectivity index (χ1) is 12.6. The summed E-state index contributed by atoms with van der Waals surface area (Å²) in [7, 11) is 0. The van der Waals surface area contributed by atoms with Gasteiger partial charge in [0.25, 0.3) is 0 Å². The summed E-state index contributed by atoms with van der Waals surface area (Å²) in [6.07, 6.45) is 2.00. The minimum absolute atomic E-state index is 0.0421. The fourth-order valence-electron chi connectivity index (χ4n) is 3.29. The first-order valence-electron chi connectivity index (χ1n) is 9.15. The van der Waals surface area contributed by atoms with E-state index in [1.807, 2.05) is 45.0 Å². The minimum Gasteiger partial charge on any atom is -0.492 e. The van der Waals surface area contributed by atoms with E-state index in [1.165, 1.54) is 0 Å². The number of aromatic nitrogens is 2. The van der Waals surface area contributed by atoms with Gasteiger partial charge in [-0.15, -0.1) is 0 Å². The Kier molecular flexibility index (Phi) is 5.88. The second kappa shape index (κ2) is 8.31. The van der Waals surface area contributed by atoms with Crippen LogP contribution in [0.2, 0.25) is 0 Å². The van der Waals surface area contributed by atoms with E-state index in [0.717, 1.165) is 25.9 Å². The number of amides is 1. The standard InChI is InChI=1S/C19H26N4O3/c1-4-25-17-10-6-5-9-16(17)21-18(24)13(2)23-11-7-8-15(12-23)19-20-14(3)22-26-19/h5-6,9-10,13,15H,4,7-8,11-12H2,1-3H3,(H,21,24). The Labute approximate surface area is 153 Å². The summed E-state index contributed by atoms with van der Waals surface area (Å²) in [4.78, 5) is 19.3. The molecule has 2 heterocycles. The Morgan fingerprint density at radius 2 is 2.27 bits per heavy atom. The van der Waals surface area contributed by atoms with Gasteiger partial charge >= 0.3 is 0 Å². The van der Waals surface area contributed by atoms with E-state index in [0.29, 0.717) is 29.8 Å². The molecule has 140 valence electrons. The van der Waals surface area contributed by atoms with Gasteiger partial charge in [0.05, 0.1) is 24.3 Å². The van der Waals surface area contributed by atoms with Crippen LogP contribution >= 0.6 is 0 Å². The molecule has 1 aliphatic rings. The first-order valence-corrected chi connectivity index (χ1v) is 9.15. The quantitative estimate of drug-likeness (QED) is 0.855. The Hall–Kier alpha value is -2.41. The van der Waals surface area contributed by atoms with Crippen LogP contribution in [0.4, 0.5) is 5.69 Å². The molecule has 1 aromatic heterocycles. The number of nitrogens with one attached hydrogen (secondary N) is 1. The molecule has 0 saturated carbocycles. The van der Waals surface area contributed by atoms with Gasteiger partial charge < -0.3 is 14.6 Å². The molecule has 0 bridgehead atoms. The van der Waals surface area contributed by atoms with Crippen molar-refractivity contribution < 1.29 is 14.1 Å². The third-order valence-corrected chi connectivity index (χ3v) is 4.72. The summed E-state index contributed by atoms with van der Waals surface area (Å²) in [6.45, 7) is 7.85. The number of anilines is 1. The van der Waals surface area contributed by atoms with Crippen LogP contribution in [0.1, 0.15) is 44.3 Å². The number of rotatable bonds is 6. The van der Waals surface area contributed by atoms with Gasteiger partial charge in [-0.25, -0.2) is 0 Å². The first kappa shape index (κ1) is 18.4. The zero-order chi connectivity index (χ0) is 18.5. The molecule has 1 fully saturated rings. The van der Waals surface area contributed by atoms with Crippen LogP contribution in [0.5, 0.6) is 5.75 Å². The molecule has 1 aliphatic heterocycles. The van der Waals surface area contributed by atoms with Crippen LogP contribution in [0.25, 0.3) is 0 Å². The average Bonchev–Trinajstić information content (AvgIpc) is 3.09. The third-order valence-electron chi connectivity index (χ3n) is 4.72. The molecule has 1 aromatic carbocycles. The Balaban J connectivity index is 1.64. The van der Waals surface area contributed by atoms with E-state index in [9.17, 15) is 4.79 Å². The van der Waals surface area contributed by atoms with Crippen LogP contribution in [0, 0.1) is 6.92 Å². The monoisotopic (exact) mass is 358 g/mol. The van der Waals surface area contributed by atoms with Gasteiger partial charge in [0.15, 0.2) is 5.82 Å². The number of hydrogen-bond acceptors (Lipinski definition) is 6. The zero-order valence-corrected chi connectivity index (χ0v) is 15.6. The molecule has 1 amide bonds. The van der Waals surface area contributed by atoms with E-state index in [1.54, 1.807) is 0 Å². The molecule has 1 N–H and O–H groups in total. The van der Waals surface area contributed by atoms with Crippen molar-refractivity contribution in [2.24, 2.45) is 0 Å². The maximum Gasteiger partial charge on any atom is 0.241 e. The van der Waals surface area contributed by atoms with E-state index in [-0.39, 0.29) is 17.9 Å². The summed E-state index contributed by atoms with van der Waals surface area (Å²) in [5.41, 5.74) is 0.701. The van der Waals surface area contributed by atoms with E-state index < -0.39 is 0 Å². The minimum atomic E-state index is -0.253. The van der Waals surface area contributed by atoms with Crippen LogP contribution in [0.3, 0.4) is 0 Å². The molecular weight excluding hydrogens is 332 g/mol. The largest absolute Gasteiger partial charge is 0.492 e. The summed E-state index contributed by atoms with van der Waals surface area (Å²) in [5, 5.41) is 6.88. The van der Waals surface area contributed by atoms with Crippen molar-refractivity contribution >= 4 is 11.6 Å². The van der Waals surface area contributed by atoms with Crippen molar-refractivity contribution in [2.45, 2.75) is 45.6 Å². The van der Waals surface area contributed by atoms with Crippen molar-refractivity contribution in [3.63, 3.8) is 0 Å². The molecule has 0 aliphatic carbocycles. The number of piperidine rings is 1. The number of hydrogen-bond donors (Lipinski definition) is 1. The molecule has 7 nitrogen and oxygen atoms in total. The van der Waals surface area contributed by atoms with Gasteiger partial charge in [0.1, 0.15) is 5.75 Å². The second-order valence-electron chi connectivity index (χ2n) is 6.61. The number of carbonyl (C=O) groups is 1. The smallest absolute Gasteiger partial charge is 0.241 e. The summed E-state index contributed by atoms with van der Waals surface area (Å²) >= 11 is 0. The number of nitrogens with zero attached hydrogens (tertiary/aromatic N) is 3. The van der Waals surface area contributed by atoms with Gasteiger partial charge in [0, 0.05) is 6.54 Å². The molecule has 0 radical (unpaired) electrons. The number of aryl methyl sites for hydroxylation is 1. The Morgan fingerprint density at radius 3 is 3.00 bits per heavy atom. The fourth-order valence-corrected chi connectivity index (χ4v) is 3.29. The zero-order valence-electron chi connectivity index (χ0n) is 15.6. The molecule has 0 spiro atoms.